The van der Waals surface area contributed by atoms with Gasteiger partial charge in [-0.1, -0.05) is 38.3 Å². The molecule has 1 aliphatic carbocycles. The Morgan fingerprint density at radius 3 is 2.48 bits per heavy atom. The average Bonchev–Trinajstić information content (AvgIpc) is 3.06. The molecule has 1 fully saturated rings. The first kappa shape index (κ1) is 35.7. The minimum absolute atomic E-state index is 0.000868. The molecule has 1 aliphatic heterocycles. The zero-order chi connectivity index (χ0) is 33.1. The van der Waals surface area contributed by atoms with Gasteiger partial charge in [0.05, 0.1) is 37.5 Å². The molecule has 1 saturated carbocycles. The van der Waals surface area contributed by atoms with E-state index in [0.29, 0.717) is 36.7 Å². The number of likely N-dealkylation sites (N-methyl/N-ethyl adjacent to an activating group) is 1. The summed E-state index contributed by atoms with van der Waals surface area (Å²) in [7, 11) is 3.75. The van der Waals surface area contributed by atoms with E-state index in [0.717, 1.165) is 57.2 Å². The van der Waals surface area contributed by atoms with Crippen molar-refractivity contribution in [3.05, 3.63) is 53.6 Å². The van der Waals surface area contributed by atoms with Crippen molar-refractivity contribution in [1.82, 2.24) is 9.80 Å². The zero-order valence-electron chi connectivity index (χ0n) is 28.5. The maximum Gasteiger partial charge on any atom is 0.258 e. The quantitative estimate of drug-likeness (QED) is 0.341. The van der Waals surface area contributed by atoms with Gasteiger partial charge in [-0.3, -0.25) is 14.5 Å². The van der Waals surface area contributed by atoms with Crippen molar-refractivity contribution >= 4 is 17.5 Å². The molecule has 0 bridgehead atoms. The molecule has 4 rings (SSSR count). The molecular weight excluding hydrogens is 582 g/mol. The average molecular weight is 638 g/mol. The van der Waals surface area contributed by atoms with Crippen molar-refractivity contribution in [2.45, 2.75) is 96.9 Å². The first-order valence-electron chi connectivity index (χ1n) is 17.1. The van der Waals surface area contributed by atoms with E-state index in [1.165, 1.54) is 12.0 Å². The van der Waals surface area contributed by atoms with E-state index >= 15 is 0 Å². The van der Waals surface area contributed by atoms with Gasteiger partial charge in [0.2, 0.25) is 5.91 Å². The van der Waals surface area contributed by atoms with Gasteiger partial charge >= 0.3 is 0 Å². The summed E-state index contributed by atoms with van der Waals surface area (Å²) >= 11 is 0. The first-order chi connectivity index (χ1) is 22.2. The summed E-state index contributed by atoms with van der Waals surface area (Å²) in [4.78, 5) is 31.4. The number of aliphatic hydroxyl groups excluding tert-OH is 1. The van der Waals surface area contributed by atoms with E-state index in [2.05, 4.69) is 36.3 Å². The molecule has 0 unspecified atom stereocenters. The van der Waals surface area contributed by atoms with Gasteiger partial charge in [-0.15, -0.1) is 0 Å². The molecule has 0 spiro atoms. The van der Waals surface area contributed by atoms with Crippen molar-refractivity contribution in [1.29, 1.82) is 0 Å². The number of aliphatic hydroxyl groups is 1. The molecule has 254 valence electrons. The van der Waals surface area contributed by atoms with Crippen LogP contribution >= 0.6 is 0 Å². The van der Waals surface area contributed by atoms with Crippen molar-refractivity contribution in [3.63, 3.8) is 0 Å². The Hall–Kier alpha value is -3.14. The number of carbonyl (C=O) groups excluding carboxylic acids is 2. The standard InChI is InChI=1S/C37H55N3O6/c1-26-22-40(27(2)25-41)37(43)33-21-31(38-36(42)30-12-7-6-8-13-30)16-19-34(33)46-28(3)11-9-10-20-45-35(26)24-39(4)23-29-14-17-32(44-5)18-15-29/h14-19,21,26-28,30,35,41H,6-13,20,22-25H2,1-5H3,(H,38,42)/t26-,27+,28-,35-/m1/s1. The number of carbonyl (C=O) groups is 2. The fourth-order valence-electron chi connectivity index (χ4n) is 6.49. The van der Waals surface area contributed by atoms with E-state index in [9.17, 15) is 14.7 Å². The van der Waals surface area contributed by atoms with Gasteiger partial charge in [-0.25, -0.2) is 0 Å². The highest BCUT2D eigenvalue weighted by molar-refractivity contribution is 6.00. The van der Waals surface area contributed by atoms with Gasteiger partial charge in [-0.2, -0.15) is 0 Å². The summed E-state index contributed by atoms with van der Waals surface area (Å²) in [6.07, 6.45) is 7.56. The highest BCUT2D eigenvalue weighted by atomic mass is 16.5. The zero-order valence-corrected chi connectivity index (χ0v) is 28.5. The van der Waals surface area contributed by atoms with E-state index in [4.69, 9.17) is 14.2 Å². The first-order valence-corrected chi connectivity index (χ1v) is 17.1. The maximum atomic E-state index is 14.4. The molecule has 2 aromatic carbocycles. The van der Waals surface area contributed by atoms with Crippen LogP contribution < -0.4 is 14.8 Å². The largest absolute Gasteiger partial charge is 0.497 e. The van der Waals surface area contributed by atoms with E-state index in [-0.39, 0.29) is 42.5 Å². The summed E-state index contributed by atoms with van der Waals surface area (Å²) in [5.41, 5.74) is 2.16. The van der Waals surface area contributed by atoms with E-state index in [1.807, 2.05) is 32.0 Å². The number of benzene rings is 2. The second-order valence-corrected chi connectivity index (χ2v) is 13.4. The number of amides is 2. The molecule has 9 nitrogen and oxygen atoms in total. The lowest BCUT2D eigenvalue weighted by Crippen LogP contribution is -2.47. The third kappa shape index (κ3) is 10.2. The minimum atomic E-state index is -0.425. The van der Waals surface area contributed by atoms with Gasteiger partial charge in [0, 0.05) is 43.8 Å². The summed E-state index contributed by atoms with van der Waals surface area (Å²) in [5.74, 6) is 1.09. The van der Waals surface area contributed by atoms with Crippen LogP contribution in [-0.4, -0.2) is 85.4 Å². The molecule has 2 aromatic rings. The number of rotatable bonds is 9. The van der Waals surface area contributed by atoms with Gasteiger partial charge in [0.15, 0.2) is 0 Å². The number of anilines is 1. The third-order valence-corrected chi connectivity index (χ3v) is 9.40. The highest BCUT2D eigenvalue weighted by Gasteiger charge is 2.31. The number of ether oxygens (including phenoxy) is 3. The molecule has 0 aromatic heterocycles. The molecule has 2 amide bonds. The summed E-state index contributed by atoms with van der Waals surface area (Å²) < 4.78 is 18.2. The molecule has 46 heavy (non-hydrogen) atoms. The van der Waals surface area contributed by atoms with Crippen LogP contribution in [0.3, 0.4) is 0 Å². The fraction of sp³-hybridized carbons (Fsp3) is 0.622. The molecule has 4 atom stereocenters. The SMILES string of the molecule is COc1ccc(CN(C)C[C@H]2OCCCC[C@@H](C)Oc3ccc(NC(=O)C4CCCCC4)cc3C(=O)N([C@@H](C)CO)C[C@H]2C)cc1. The van der Waals surface area contributed by atoms with Crippen LogP contribution in [0.2, 0.25) is 0 Å². The maximum absolute atomic E-state index is 14.4. The number of nitrogens with one attached hydrogen (secondary N) is 1. The molecular formula is C37H55N3O6. The van der Waals surface area contributed by atoms with Gasteiger partial charge in [-0.05, 0) is 88.9 Å². The van der Waals surface area contributed by atoms with Gasteiger partial charge in [0.1, 0.15) is 11.5 Å². The van der Waals surface area contributed by atoms with Crippen LogP contribution in [0.15, 0.2) is 42.5 Å². The molecule has 1 heterocycles. The van der Waals surface area contributed by atoms with Gasteiger partial charge < -0.3 is 29.5 Å². The smallest absolute Gasteiger partial charge is 0.258 e. The number of hydrogen-bond acceptors (Lipinski definition) is 7. The predicted octanol–water partition coefficient (Wildman–Crippen LogP) is 6.14. The van der Waals surface area contributed by atoms with Crippen LogP contribution in [-0.2, 0) is 16.1 Å². The van der Waals surface area contributed by atoms with Crippen LogP contribution in [0.1, 0.15) is 88.1 Å². The molecule has 9 heteroatoms. The van der Waals surface area contributed by atoms with Crippen LogP contribution in [0.25, 0.3) is 0 Å². The van der Waals surface area contributed by atoms with E-state index in [1.54, 1.807) is 24.1 Å². The monoisotopic (exact) mass is 637 g/mol. The lowest BCUT2D eigenvalue weighted by molar-refractivity contribution is -0.120. The lowest BCUT2D eigenvalue weighted by Gasteiger charge is -2.36. The van der Waals surface area contributed by atoms with Crippen molar-refractivity contribution in [2.75, 3.05) is 45.8 Å². The van der Waals surface area contributed by atoms with Crippen LogP contribution in [0, 0.1) is 11.8 Å². The predicted molar refractivity (Wildman–Crippen MR) is 181 cm³/mol. The Labute approximate surface area is 275 Å². The van der Waals surface area contributed by atoms with E-state index < -0.39 is 6.04 Å². The summed E-state index contributed by atoms with van der Waals surface area (Å²) in [6.45, 7) is 8.29. The number of methoxy groups -OCH3 is 1. The summed E-state index contributed by atoms with van der Waals surface area (Å²) in [6, 6.07) is 13.0. The third-order valence-electron chi connectivity index (χ3n) is 9.40. The Morgan fingerprint density at radius 1 is 1.07 bits per heavy atom. The van der Waals surface area contributed by atoms with Crippen LogP contribution in [0.5, 0.6) is 11.5 Å². The molecule has 0 radical (unpaired) electrons. The molecule has 2 N–H and O–H groups in total. The highest BCUT2D eigenvalue weighted by Crippen LogP contribution is 2.30. The van der Waals surface area contributed by atoms with Gasteiger partial charge in [0.25, 0.3) is 5.91 Å². The van der Waals surface area contributed by atoms with Crippen molar-refractivity contribution < 1.29 is 28.9 Å². The van der Waals surface area contributed by atoms with Crippen LogP contribution in [0.4, 0.5) is 5.69 Å². The van der Waals surface area contributed by atoms with Crippen molar-refractivity contribution in [3.8, 4) is 11.5 Å². The second-order valence-electron chi connectivity index (χ2n) is 13.4. The Balaban J connectivity index is 1.57. The molecule has 2 aliphatic rings. The Kier molecular flexibility index (Phi) is 13.7. The molecule has 0 saturated heterocycles. The fourth-order valence-corrected chi connectivity index (χ4v) is 6.49. The second kappa shape index (κ2) is 17.7. The summed E-state index contributed by atoms with van der Waals surface area (Å²) in [5, 5.41) is 13.3. The number of hydrogen-bond donors (Lipinski definition) is 2. The Bertz CT molecular complexity index is 1250. The number of fused-ring (bicyclic) bond motifs is 1. The topological polar surface area (TPSA) is 101 Å². The minimum Gasteiger partial charge on any atom is -0.497 e. The lowest BCUT2D eigenvalue weighted by atomic mass is 9.88. The number of nitrogens with zero attached hydrogens (tertiary/aromatic N) is 2. The Morgan fingerprint density at radius 2 is 1.78 bits per heavy atom. The normalized spacial score (nSPS) is 22.8. The van der Waals surface area contributed by atoms with Crippen molar-refractivity contribution in [2.24, 2.45) is 11.8 Å².